The predicted octanol–water partition coefficient (Wildman–Crippen LogP) is 1.69. The van der Waals surface area contributed by atoms with Gasteiger partial charge in [-0.3, -0.25) is 15.1 Å². The molecule has 0 aromatic heterocycles. The molecule has 0 spiro atoms. The fourth-order valence-corrected chi connectivity index (χ4v) is 1.35. The molecule has 82 valence electrons. The number of carbonyl (C=O) groups is 1. The summed E-state index contributed by atoms with van der Waals surface area (Å²) in [6.07, 6.45) is 8.47. The van der Waals surface area contributed by atoms with E-state index in [1.54, 1.807) is 0 Å². The van der Waals surface area contributed by atoms with E-state index < -0.39 is 0 Å². The summed E-state index contributed by atoms with van der Waals surface area (Å²) in [5.41, 5.74) is 0.753. The van der Waals surface area contributed by atoms with Gasteiger partial charge in [-0.25, -0.2) is 0 Å². The SMILES string of the molecule is CC(=O)N(C=N)C1=C/CCCOC/C=C\1. The Morgan fingerprint density at radius 3 is 3.13 bits per heavy atom. The third-order valence-electron chi connectivity index (χ3n) is 2.10. The number of nitrogens with zero attached hydrogens (tertiary/aromatic N) is 1. The van der Waals surface area contributed by atoms with Crippen molar-refractivity contribution in [2.75, 3.05) is 13.2 Å². The molecule has 4 heteroatoms. The Hall–Kier alpha value is -1.42. The summed E-state index contributed by atoms with van der Waals surface area (Å²) in [5.74, 6) is -0.152. The van der Waals surface area contributed by atoms with Crippen molar-refractivity contribution in [3.63, 3.8) is 0 Å². The maximum absolute atomic E-state index is 11.2. The van der Waals surface area contributed by atoms with Gasteiger partial charge in [0.1, 0.15) is 0 Å². The van der Waals surface area contributed by atoms with E-state index in [9.17, 15) is 4.79 Å². The van der Waals surface area contributed by atoms with Gasteiger partial charge in [0.05, 0.1) is 12.9 Å². The van der Waals surface area contributed by atoms with Gasteiger partial charge in [0.2, 0.25) is 5.91 Å². The van der Waals surface area contributed by atoms with Crippen LogP contribution in [0.2, 0.25) is 0 Å². The predicted molar refractivity (Wildman–Crippen MR) is 58.6 cm³/mol. The highest BCUT2D eigenvalue weighted by Gasteiger charge is 2.08. The average molecular weight is 208 g/mol. The van der Waals surface area contributed by atoms with E-state index in [-0.39, 0.29) is 5.91 Å². The molecule has 0 aromatic rings. The molecule has 1 amide bonds. The molecule has 0 bridgehead atoms. The van der Waals surface area contributed by atoms with Gasteiger partial charge in [-0.2, -0.15) is 0 Å². The van der Waals surface area contributed by atoms with Crippen molar-refractivity contribution in [1.82, 2.24) is 4.90 Å². The van der Waals surface area contributed by atoms with Crippen LogP contribution in [0.5, 0.6) is 0 Å². The Morgan fingerprint density at radius 1 is 1.67 bits per heavy atom. The molecule has 0 aliphatic carbocycles. The van der Waals surface area contributed by atoms with Crippen molar-refractivity contribution >= 4 is 12.2 Å². The fraction of sp³-hybridized carbons (Fsp3) is 0.455. The Bertz CT molecular complexity index is 295. The standard InChI is InChI=1S/C11H16N2O2/c1-10(14)13(9-12)11-5-2-3-7-15-8-4-6-11/h4-6,9,12H,2-3,7-8H2,1H3/b6-4-,11-5+,12-9?. The summed E-state index contributed by atoms with van der Waals surface area (Å²) < 4.78 is 5.30. The normalized spacial score (nSPS) is 22.6. The number of ether oxygens (including phenoxy) is 1. The maximum Gasteiger partial charge on any atom is 0.229 e. The lowest BCUT2D eigenvalue weighted by Gasteiger charge is -2.15. The summed E-state index contributed by atoms with van der Waals surface area (Å²) in [4.78, 5) is 12.5. The van der Waals surface area contributed by atoms with E-state index in [0.29, 0.717) is 6.61 Å². The lowest BCUT2D eigenvalue weighted by atomic mass is 10.2. The van der Waals surface area contributed by atoms with Crippen LogP contribution in [-0.4, -0.2) is 30.4 Å². The largest absolute Gasteiger partial charge is 0.377 e. The first-order chi connectivity index (χ1) is 7.25. The summed E-state index contributed by atoms with van der Waals surface area (Å²) >= 11 is 0. The lowest BCUT2D eigenvalue weighted by molar-refractivity contribution is -0.123. The minimum atomic E-state index is -0.152. The maximum atomic E-state index is 11.2. The highest BCUT2D eigenvalue weighted by atomic mass is 16.5. The van der Waals surface area contributed by atoms with Crippen LogP contribution >= 0.6 is 0 Å². The molecule has 1 aliphatic rings. The minimum Gasteiger partial charge on any atom is -0.377 e. The molecule has 0 unspecified atom stereocenters. The number of rotatable bonds is 2. The number of nitrogens with one attached hydrogen (secondary N) is 1. The van der Waals surface area contributed by atoms with Gasteiger partial charge in [-0.1, -0.05) is 12.2 Å². The highest BCUT2D eigenvalue weighted by Crippen LogP contribution is 2.09. The molecule has 0 atom stereocenters. The average Bonchev–Trinajstić information content (AvgIpc) is 2.32. The second-order valence-electron chi connectivity index (χ2n) is 3.27. The first-order valence-electron chi connectivity index (χ1n) is 5.00. The third-order valence-corrected chi connectivity index (χ3v) is 2.10. The quantitative estimate of drug-likeness (QED) is 0.554. The number of allylic oxidation sites excluding steroid dienone is 2. The lowest BCUT2D eigenvalue weighted by Crippen LogP contribution is -2.25. The van der Waals surface area contributed by atoms with Crippen LogP contribution in [-0.2, 0) is 9.53 Å². The minimum absolute atomic E-state index is 0.152. The van der Waals surface area contributed by atoms with Crippen LogP contribution in [0, 0.1) is 5.41 Å². The summed E-state index contributed by atoms with van der Waals surface area (Å²) in [5, 5.41) is 7.18. The van der Waals surface area contributed by atoms with Crippen molar-refractivity contribution in [3.05, 3.63) is 23.9 Å². The second-order valence-corrected chi connectivity index (χ2v) is 3.27. The van der Waals surface area contributed by atoms with E-state index in [4.69, 9.17) is 10.1 Å². The molecule has 4 nitrogen and oxygen atoms in total. The van der Waals surface area contributed by atoms with E-state index in [0.717, 1.165) is 31.5 Å². The van der Waals surface area contributed by atoms with E-state index in [1.807, 2.05) is 18.2 Å². The van der Waals surface area contributed by atoms with Crippen LogP contribution < -0.4 is 0 Å². The number of hydrogen-bond donors (Lipinski definition) is 1. The van der Waals surface area contributed by atoms with E-state index in [2.05, 4.69) is 0 Å². The van der Waals surface area contributed by atoms with Crippen molar-refractivity contribution in [1.29, 1.82) is 5.41 Å². The molecule has 1 rings (SSSR count). The van der Waals surface area contributed by atoms with Gasteiger partial charge in [0.25, 0.3) is 0 Å². The van der Waals surface area contributed by atoms with Crippen molar-refractivity contribution < 1.29 is 9.53 Å². The van der Waals surface area contributed by atoms with Crippen LogP contribution in [0.15, 0.2) is 23.9 Å². The molecule has 0 saturated carbocycles. The third kappa shape index (κ3) is 3.67. The van der Waals surface area contributed by atoms with Gasteiger partial charge in [0.15, 0.2) is 0 Å². The van der Waals surface area contributed by atoms with Gasteiger partial charge in [0, 0.05) is 19.2 Å². The Balaban J connectivity index is 2.81. The summed E-state index contributed by atoms with van der Waals surface area (Å²) in [6, 6.07) is 0. The fourth-order valence-electron chi connectivity index (χ4n) is 1.35. The number of amides is 1. The summed E-state index contributed by atoms with van der Waals surface area (Å²) in [7, 11) is 0. The number of carbonyl (C=O) groups excluding carboxylic acids is 1. The molecule has 0 radical (unpaired) electrons. The Morgan fingerprint density at radius 2 is 2.47 bits per heavy atom. The number of hydrogen-bond acceptors (Lipinski definition) is 3. The van der Waals surface area contributed by atoms with Crippen LogP contribution in [0.25, 0.3) is 0 Å². The topological polar surface area (TPSA) is 53.4 Å². The first-order valence-corrected chi connectivity index (χ1v) is 5.00. The first kappa shape index (κ1) is 11.7. The van der Waals surface area contributed by atoms with Crippen LogP contribution in [0.3, 0.4) is 0 Å². The highest BCUT2D eigenvalue weighted by molar-refractivity contribution is 5.87. The van der Waals surface area contributed by atoms with E-state index >= 15 is 0 Å². The molecule has 1 N–H and O–H groups in total. The van der Waals surface area contributed by atoms with Gasteiger partial charge < -0.3 is 4.74 Å². The van der Waals surface area contributed by atoms with Gasteiger partial charge in [-0.05, 0) is 18.9 Å². The Kier molecular flexibility index (Phi) is 4.77. The molecule has 15 heavy (non-hydrogen) atoms. The zero-order valence-electron chi connectivity index (χ0n) is 8.90. The molecule has 0 aromatic carbocycles. The second kappa shape index (κ2) is 6.14. The van der Waals surface area contributed by atoms with Crippen LogP contribution in [0.4, 0.5) is 0 Å². The van der Waals surface area contributed by atoms with Gasteiger partial charge in [-0.15, -0.1) is 0 Å². The van der Waals surface area contributed by atoms with Gasteiger partial charge >= 0.3 is 0 Å². The summed E-state index contributed by atoms with van der Waals surface area (Å²) in [6.45, 7) is 2.74. The smallest absolute Gasteiger partial charge is 0.229 e. The molecule has 0 saturated heterocycles. The zero-order valence-corrected chi connectivity index (χ0v) is 8.90. The molecule has 0 fully saturated rings. The van der Waals surface area contributed by atoms with Crippen molar-refractivity contribution in [2.45, 2.75) is 19.8 Å². The zero-order chi connectivity index (χ0) is 11.1. The monoisotopic (exact) mass is 208 g/mol. The molecular formula is C11H16N2O2. The molecule has 1 aliphatic heterocycles. The Labute approximate surface area is 89.7 Å². The van der Waals surface area contributed by atoms with Crippen LogP contribution in [0.1, 0.15) is 19.8 Å². The van der Waals surface area contributed by atoms with E-state index in [1.165, 1.54) is 11.8 Å². The van der Waals surface area contributed by atoms with Crippen molar-refractivity contribution in [2.24, 2.45) is 0 Å². The van der Waals surface area contributed by atoms with Crippen molar-refractivity contribution in [3.8, 4) is 0 Å². The molecular weight excluding hydrogens is 192 g/mol. The molecule has 1 heterocycles.